The first-order chi connectivity index (χ1) is 4.39. The Morgan fingerprint density at radius 3 is 1.90 bits per heavy atom. The van der Waals surface area contributed by atoms with Gasteiger partial charge in [-0.2, -0.15) is 8.78 Å². The number of hydrogen-bond donors (Lipinski definition) is 0. The molecular formula is C4H3F3O3. The van der Waals surface area contributed by atoms with Gasteiger partial charge in [0.2, 0.25) is 0 Å². The Kier molecular flexibility index (Phi) is 2.39. The molecule has 6 heteroatoms. The van der Waals surface area contributed by atoms with E-state index < -0.39 is 17.7 Å². The molecule has 0 aliphatic heterocycles. The van der Waals surface area contributed by atoms with Gasteiger partial charge in [0.05, 0.1) is 0 Å². The number of ketones is 1. The molecule has 0 N–H and O–H groups in total. The molecule has 0 aromatic rings. The summed E-state index contributed by atoms with van der Waals surface area (Å²) >= 11 is 0. The quantitative estimate of drug-likeness (QED) is 0.551. The van der Waals surface area contributed by atoms with Crippen LogP contribution in [0.1, 0.15) is 6.92 Å². The van der Waals surface area contributed by atoms with Crippen molar-refractivity contribution >= 4 is 11.8 Å². The van der Waals surface area contributed by atoms with Crippen LogP contribution in [0, 0.1) is 0 Å². The molecule has 0 atom stereocenters. The van der Waals surface area contributed by atoms with Crippen LogP contribution in [0.4, 0.5) is 13.3 Å². The van der Waals surface area contributed by atoms with Crippen molar-refractivity contribution in [3.8, 4) is 0 Å². The van der Waals surface area contributed by atoms with E-state index in [4.69, 9.17) is 0 Å². The number of Topliss-reactive ketones (excluding diaryl/α,β-unsaturated/α-hetero) is 1. The molecule has 0 saturated heterocycles. The highest BCUT2D eigenvalue weighted by molar-refractivity contribution is 6.36. The maximum atomic E-state index is 11.7. The third kappa shape index (κ3) is 2.04. The second-order valence-corrected chi connectivity index (χ2v) is 1.58. The molecule has 0 fully saturated rings. The lowest BCUT2D eigenvalue weighted by Crippen LogP contribution is -2.32. The maximum absolute atomic E-state index is 11.7. The Morgan fingerprint density at radius 2 is 1.80 bits per heavy atom. The summed E-state index contributed by atoms with van der Waals surface area (Å²) in [4.78, 5) is 21.9. The zero-order valence-electron chi connectivity index (χ0n) is 4.86. The van der Waals surface area contributed by atoms with Crippen LogP contribution in [-0.4, -0.2) is 17.7 Å². The molecule has 0 spiro atoms. The molecular weight excluding hydrogens is 153 g/mol. The van der Waals surface area contributed by atoms with Crippen LogP contribution in [0.15, 0.2) is 0 Å². The van der Waals surface area contributed by atoms with Crippen molar-refractivity contribution in [2.45, 2.75) is 12.8 Å². The standard InChI is InChI=1S/C4H3F3O3/c1-4(5,6)2(8)3(9)10-7/h1H3. The van der Waals surface area contributed by atoms with Gasteiger partial charge in [-0.15, -0.1) is 0 Å². The molecule has 0 aliphatic carbocycles. The van der Waals surface area contributed by atoms with Crippen molar-refractivity contribution in [1.29, 1.82) is 0 Å². The third-order valence-electron chi connectivity index (χ3n) is 0.654. The highest BCUT2D eigenvalue weighted by atomic mass is 19.3. The average molecular weight is 156 g/mol. The molecule has 0 aromatic carbocycles. The second kappa shape index (κ2) is 2.68. The smallest absolute Gasteiger partial charge is 0.280 e. The number of carbonyl (C=O) groups is 2. The Morgan fingerprint density at radius 1 is 1.40 bits per heavy atom. The van der Waals surface area contributed by atoms with E-state index in [2.05, 4.69) is 4.94 Å². The van der Waals surface area contributed by atoms with Gasteiger partial charge in [-0.3, -0.25) is 4.79 Å². The van der Waals surface area contributed by atoms with E-state index in [9.17, 15) is 22.9 Å². The molecule has 10 heavy (non-hydrogen) atoms. The SMILES string of the molecule is CC(F)(F)C(=O)C(=O)OF. The lowest BCUT2D eigenvalue weighted by Gasteiger charge is -2.02. The Bertz CT molecular complexity index is 160. The van der Waals surface area contributed by atoms with Crippen LogP contribution in [0.25, 0.3) is 0 Å². The van der Waals surface area contributed by atoms with Gasteiger partial charge in [0.25, 0.3) is 0 Å². The van der Waals surface area contributed by atoms with Crippen LogP contribution in [0.5, 0.6) is 0 Å². The summed E-state index contributed by atoms with van der Waals surface area (Å²) in [6.07, 6.45) is 0. The van der Waals surface area contributed by atoms with Crippen molar-refractivity contribution in [1.82, 2.24) is 0 Å². The van der Waals surface area contributed by atoms with Crippen LogP contribution in [0.3, 0.4) is 0 Å². The molecule has 0 aromatic heterocycles. The van der Waals surface area contributed by atoms with Crippen molar-refractivity contribution in [2.75, 3.05) is 0 Å². The number of hydrogen-bond acceptors (Lipinski definition) is 3. The van der Waals surface area contributed by atoms with Gasteiger partial charge >= 0.3 is 17.7 Å². The number of halogens is 3. The van der Waals surface area contributed by atoms with Gasteiger partial charge < -0.3 is 0 Å². The summed E-state index contributed by atoms with van der Waals surface area (Å²) < 4.78 is 34.2. The Hall–Kier alpha value is -1.07. The lowest BCUT2D eigenvalue weighted by atomic mass is 10.2. The molecule has 3 nitrogen and oxygen atoms in total. The van der Waals surface area contributed by atoms with Crippen molar-refractivity contribution in [2.24, 2.45) is 0 Å². The lowest BCUT2D eigenvalue weighted by molar-refractivity contribution is -0.192. The van der Waals surface area contributed by atoms with Crippen LogP contribution in [0.2, 0.25) is 0 Å². The van der Waals surface area contributed by atoms with Gasteiger partial charge in [-0.1, -0.05) is 0 Å². The number of alkyl halides is 2. The summed E-state index contributed by atoms with van der Waals surface area (Å²) in [6.45, 7) is 0.173. The molecule has 0 rings (SSSR count). The predicted octanol–water partition coefficient (Wildman–Crippen LogP) is 0.638. The normalized spacial score (nSPS) is 10.8. The van der Waals surface area contributed by atoms with E-state index in [0.717, 1.165) is 0 Å². The van der Waals surface area contributed by atoms with E-state index in [1.807, 2.05) is 0 Å². The molecule has 0 bridgehead atoms. The molecule has 0 aliphatic rings. The second-order valence-electron chi connectivity index (χ2n) is 1.58. The van der Waals surface area contributed by atoms with Crippen molar-refractivity contribution < 1.29 is 27.8 Å². The minimum atomic E-state index is -3.87. The molecule has 0 amide bonds. The number of rotatable bonds is 2. The fraction of sp³-hybridized carbons (Fsp3) is 0.500. The van der Waals surface area contributed by atoms with E-state index >= 15 is 0 Å². The third-order valence-corrected chi connectivity index (χ3v) is 0.654. The van der Waals surface area contributed by atoms with Gasteiger partial charge in [0, 0.05) is 11.4 Å². The Balaban J connectivity index is 4.24. The summed E-state index contributed by atoms with van der Waals surface area (Å²) in [5, 5.41) is 0. The molecule has 0 radical (unpaired) electrons. The van der Waals surface area contributed by atoms with E-state index in [-0.39, 0.29) is 6.92 Å². The van der Waals surface area contributed by atoms with Crippen LogP contribution < -0.4 is 0 Å². The first-order valence-electron chi connectivity index (χ1n) is 2.14. The monoisotopic (exact) mass is 156 g/mol. The first-order valence-corrected chi connectivity index (χ1v) is 2.14. The van der Waals surface area contributed by atoms with Crippen molar-refractivity contribution in [3.63, 3.8) is 0 Å². The molecule has 0 unspecified atom stereocenters. The zero-order valence-corrected chi connectivity index (χ0v) is 4.86. The van der Waals surface area contributed by atoms with E-state index in [0.29, 0.717) is 0 Å². The average Bonchev–Trinajstić information content (AvgIpc) is 1.83. The first kappa shape index (κ1) is 8.93. The number of carbonyl (C=O) groups excluding carboxylic acids is 2. The Labute approximate surface area is 53.7 Å². The molecule has 0 saturated carbocycles. The van der Waals surface area contributed by atoms with Gasteiger partial charge in [-0.05, 0) is 0 Å². The summed E-state index contributed by atoms with van der Waals surface area (Å²) in [5.74, 6) is -8.26. The van der Waals surface area contributed by atoms with E-state index in [1.165, 1.54) is 0 Å². The van der Waals surface area contributed by atoms with Gasteiger partial charge in [0.15, 0.2) is 0 Å². The fourth-order valence-electron chi connectivity index (χ4n) is 0.214. The highest BCUT2D eigenvalue weighted by Gasteiger charge is 2.39. The van der Waals surface area contributed by atoms with Crippen LogP contribution >= 0.6 is 0 Å². The van der Waals surface area contributed by atoms with Crippen LogP contribution in [-0.2, 0) is 14.5 Å². The topological polar surface area (TPSA) is 43.4 Å². The minimum Gasteiger partial charge on any atom is -0.280 e. The van der Waals surface area contributed by atoms with Crippen molar-refractivity contribution in [3.05, 3.63) is 0 Å². The van der Waals surface area contributed by atoms with Gasteiger partial charge in [-0.25, -0.2) is 9.74 Å². The predicted molar refractivity (Wildman–Crippen MR) is 22.8 cm³/mol. The fourth-order valence-corrected chi connectivity index (χ4v) is 0.214. The molecule has 0 heterocycles. The maximum Gasteiger partial charge on any atom is 0.421 e. The summed E-state index contributed by atoms with van der Waals surface area (Å²) in [5.41, 5.74) is 0. The zero-order chi connectivity index (χ0) is 8.36. The highest BCUT2D eigenvalue weighted by Crippen LogP contribution is 2.13. The largest absolute Gasteiger partial charge is 0.421 e. The summed E-state index contributed by atoms with van der Waals surface area (Å²) in [7, 11) is 0. The molecule has 58 valence electrons. The summed E-state index contributed by atoms with van der Waals surface area (Å²) in [6, 6.07) is 0. The minimum absolute atomic E-state index is 0.173. The van der Waals surface area contributed by atoms with Gasteiger partial charge in [0.1, 0.15) is 0 Å². The van der Waals surface area contributed by atoms with E-state index in [1.54, 1.807) is 0 Å².